The fraction of sp³-hybridized carbons (Fsp3) is 0.333. The summed E-state index contributed by atoms with van der Waals surface area (Å²) in [5, 5.41) is 12.4. The fourth-order valence-corrected chi connectivity index (χ4v) is 9.77. The van der Waals surface area contributed by atoms with Crippen molar-refractivity contribution in [2.75, 3.05) is 18.0 Å². The van der Waals surface area contributed by atoms with E-state index >= 15 is 0 Å². The number of carbonyl (C=O) groups is 1. The Balaban J connectivity index is 1.41. The molecule has 0 aromatic heterocycles. The molecule has 0 saturated carbocycles. The van der Waals surface area contributed by atoms with Crippen molar-refractivity contribution in [3.05, 3.63) is 124 Å². The molecule has 2 unspecified atom stereocenters. The molecule has 0 aliphatic carbocycles. The molecule has 4 aromatic rings. The quantitative estimate of drug-likeness (QED) is 0.228. The van der Waals surface area contributed by atoms with Crippen LogP contribution in [-0.2, 0) is 15.6 Å². The molecule has 0 amide bonds. The van der Waals surface area contributed by atoms with E-state index < -0.39 is 5.97 Å². The van der Waals surface area contributed by atoms with Crippen LogP contribution < -0.4 is 4.90 Å². The van der Waals surface area contributed by atoms with Gasteiger partial charge in [-0.1, -0.05) is 88.4 Å². The Morgan fingerprint density at radius 2 is 1.57 bits per heavy atom. The first-order valence-corrected chi connectivity index (χ1v) is 16.9. The Morgan fingerprint density at radius 1 is 0.851 bits per heavy atom. The number of carboxylic acid groups (broad SMARTS) is 1. The summed E-state index contributed by atoms with van der Waals surface area (Å²) in [6, 6.07) is 29.8. The van der Waals surface area contributed by atoms with Gasteiger partial charge < -0.3 is 14.7 Å². The van der Waals surface area contributed by atoms with Crippen molar-refractivity contribution in [3.8, 4) is 0 Å². The Bertz CT molecular complexity index is 2160. The van der Waals surface area contributed by atoms with E-state index in [2.05, 4.69) is 112 Å². The lowest BCUT2D eigenvalue weighted by molar-refractivity contribution is -0.465. The second-order valence-corrected chi connectivity index (χ2v) is 15.7. The van der Waals surface area contributed by atoms with Gasteiger partial charge in [0.05, 0.1) is 28.1 Å². The molecule has 0 saturated heterocycles. The van der Waals surface area contributed by atoms with E-state index in [1.165, 1.54) is 61.4 Å². The molecule has 5 nitrogen and oxygen atoms in total. The number of nitrogens with zero attached hydrogens (tertiary/aromatic N) is 2. The van der Waals surface area contributed by atoms with E-state index in [1.54, 1.807) is 12.1 Å². The van der Waals surface area contributed by atoms with Crippen LogP contribution in [0.3, 0.4) is 0 Å². The predicted octanol–water partition coefficient (Wildman–Crippen LogP) is 8.63. The number of rotatable bonds is 2. The van der Waals surface area contributed by atoms with Gasteiger partial charge in [0.1, 0.15) is 6.10 Å². The molecule has 236 valence electrons. The minimum atomic E-state index is -0.909. The Kier molecular flexibility index (Phi) is 5.70. The first-order valence-electron chi connectivity index (χ1n) is 16.9. The Labute approximate surface area is 276 Å². The van der Waals surface area contributed by atoms with Crippen LogP contribution >= 0.6 is 0 Å². The Morgan fingerprint density at radius 3 is 2.34 bits per heavy atom. The SMILES string of the molecule is CC1(C)C2=[N+](CC(C)(C)C3OC4CCN5C(=C4C(c4ccc(C(=O)O)cc4)=C23)C(C)(C)c2c5ccc3ccccc23)c2ccccc21. The van der Waals surface area contributed by atoms with E-state index in [9.17, 15) is 9.90 Å². The van der Waals surface area contributed by atoms with Crippen LogP contribution in [0.5, 0.6) is 0 Å². The molecular weight excluding hydrogens is 580 g/mol. The molecule has 5 aliphatic rings. The maximum absolute atomic E-state index is 12.0. The second kappa shape index (κ2) is 9.32. The molecule has 5 aliphatic heterocycles. The highest BCUT2D eigenvalue weighted by Crippen LogP contribution is 2.59. The van der Waals surface area contributed by atoms with Gasteiger partial charge in [-0.3, -0.25) is 0 Å². The number of hydrogen-bond acceptors (Lipinski definition) is 3. The predicted molar refractivity (Wildman–Crippen MR) is 188 cm³/mol. The lowest BCUT2D eigenvalue weighted by atomic mass is 9.65. The third-order valence-electron chi connectivity index (χ3n) is 11.7. The van der Waals surface area contributed by atoms with Crippen LogP contribution in [-0.4, -0.2) is 46.7 Å². The van der Waals surface area contributed by atoms with Gasteiger partial charge >= 0.3 is 5.97 Å². The van der Waals surface area contributed by atoms with Crippen LogP contribution in [0.1, 0.15) is 75.0 Å². The molecule has 0 fully saturated rings. The summed E-state index contributed by atoms with van der Waals surface area (Å²) in [6.45, 7) is 15.9. The number of carboxylic acids is 1. The van der Waals surface area contributed by atoms with Gasteiger partial charge in [-0.25, -0.2) is 4.79 Å². The average Bonchev–Trinajstić information content (AvgIpc) is 3.43. The Hall–Kier alpha value is -4.48. The van der Waals surface area contributed by atoms with Gasteiger partial charge in [-0.05, 0) is 60.4 Å². The fourth-order valence-electron chi connectivity index (χ4n) is 9.77. The summed E-state index contributed by atoms with van der Waals surface area (Å²) in [5.74, 6) is -0.909. The number of anilines is 1. The highest BCUT2D eigenvalue weighted by Gasteiger charge is 2.60. The molecule has 47 heavy (non-hydrogen) atoms. The van der Waals surface area contributed by atoms with Crippen LogP contribution in [0.4, 0.5) is 11.4 Å². The molecule has 4 aromatic carbocycles. The van der Waals surface area contributed by atoms with E-state index in [0.29, 0.717) is 5.56 Å². The number of ether oxygens (including phenoxy) is 1. The van der Waals surface area contributed by atoms with E-state index in [-0.39, 0.29) is 28.5 Å². The van der Waals surface area contributed by atoms with Crippen LogP contribution in [0, 0.1) is 5.41 Å². The number of para-hydroxylation sites is 1. The molecule has 1 N–H and O–H groups in total. The standard InChI is InChI=1S/C42H40N2O3/c1-40(2)23-44-29-14-10-9-13-28(29)41(3,4)37(44)34-32(25-15-17-26(18-16-25)39(45)46)33-31(47-38(34)40)21-22-43-30-20-19-24-11-7-8-12-27(24)35(30)42(5,6)36(33)43/h7-20,31,38H,21-23H2,1-6H3/p+1. The van der Waals surface area contributed by atoms with Crippen molar-refractivity contribution < 1.29 is 19.2 Å². The van der Waals surface area contributed by atoms with Gasteiger partial charge in [-0.2, -0.15) is 4.58 Å². The minimum Gasteiger partial charge on any atom is -0.478 e. The number of aromatic carboxylic acids is 1. The van der Waals surface area contributed by atoms with Crippen LogP contribution in [0.25, 0.3) is 16.3 Å². The van der Waals surface area contributed by atoms with Gasteiger partial charge in [0.2, 0.25) is 5.69 Å². The largest absolute Gasteiger partial charge is 0.478 e. The van der Waals surface area contributed by atoms with Crippen molar-refractivity contribution in [3.63, 3.8) is 0 Å². The highest BCUT2D eigenvalue weighted by molar-refractivity contribution is 6.15. The molecule has 9 rings (SSSR count). The normalized spacial score (nSPS) is 24.4. The van der Waals surface area contributed by atoms with E-state index in [0.717, 1.165) is 25.1 Å². The van der Waals surface area contributed by atoms with Gasteiger partial charge in [0, 0.05) is 46.1 Å². The molecule has 2 atom stereocenters. The van der Waals surface area contributed by atoms with Gasteiger partial charge in [0.15, 0.2) is 12.3 Å². The highest BCUT2D eigenvalue weighted by atomic mass is 16.5. The zero-order valence-electron chi connectivity index (χ0n) is 28.0. The molecule has 5 heteroatoms. The van der Waals surface area contributed by atoms with Crippen molar-refractivity contribution in [1.82, 2.24) is 0 Å². The molecule has 0 spiro atoms. The summed E-state index contributed by atoms with van der Waals surface area (Å²) >= 11 is 0. The second-order valence-electron chi connectivity index (χ2n) is 15.7. The average molecular weight is 622 g/mol. The zero-order valence-corrected chi connectivity index (χ0v) is 28.0. The van der Waals surface area contributed by atoms with Crippen LogP contribution in [0.15, 0.2) is 102 Å². The number of benzene rings is 4. The summed E-state index contributed by atoms with van der Waals surface area (Å²) < 4.78 is 9.99. The summed E-state index contributed by atoms with van der Waals surface area (Å²) in [6.07, 6.45) is 0.716. The lowest BCUT2D eigenvalue weighted by Crippen LogP contribution is -2.55. The molecular formula is C42H41N2O3+. The molecule has 0 bridgehead atoms. The number of fused-ring (bicyclic) bond motifs is 10. The van der Waals surface area contributed by atoms with Gasteiger partial charge in [-0.15, -0.1) is 0 Å². The summed E-state index contributed by atoms with van der Waals surface area (Å²) in [7, 11) is 0. The van der Waals surface area contributed by atoms with Crippen LogP contribution in [0.2, 0.25) is 0 Å². The zero-order chi connectivity index (χ0) is 32.6. The molecule has 5 heterocycles. The monoisotopic (exact) mass is 621 g/mol. The first-order chi connectivity index (χ1) is 22.4. The third kappa shape index (κ3) is 3.69. The minimum absolute atomic E-state index is 0.0673. The van der Waals surface area contributed by atoms with E-state index in [4.69, 9.17) is 4.74 Å². The van der Waals surface area contributed by atoms with Crippen molar-refractivity contribution in [1.29, 1.82) is 0 Å². The topological polar surface area (TPSA) is 52.8 Å². The summed E-state index contributed by atoms with van der Waals surface area (Å²) in [4.78, 5) is 14.6. The first kappa shape index (κ1) is 28.7. The number of hydrogen-bond donors (Lipinski definition) is 1. The lowest BCUT2D eigenvalue weighted by Gasteiger charge is -2.49. The van der Waals surface area contributed by atoms with Crippen molar-refractivity contribution >= 4 is 39.4 Å². The molecule has 0 radical (unpaired) electrons. The van der Waals surface area contributed by atoms with E-state index in [1.807, 2.05) is 12.1 Å². The smallest absolute Gasteiger partial charge is 0.335 e. The third-order valence-corrected chi connectivity index (χ3v) is 11.7. The maximum atomic E-state index is 12.0. The van der Waals surface area contributed by atoms with Gasteiger partial charge in [0.25, 0.3) is 0 Å². The number of allylic oxidation sites excluding steroid dienone is 1. The van der Waals surface area contributed by atoms with Crippen molar-refractivity contribution in [2.24, 2.45) is 5.41 Å². The summed E-state index contributed by atoms with van der Waals surface area (Å²) in [5.41, 5.74) is 12.3. The maximum Gasteiger partial charge on any atom is 0.335 e. The van der Waals surface area contributed by atoms with Crippen molar-refractivity contribution in [2.45, 2.75) is 71.0 Å².